The molecule has 1 N–H and O–H groups in total. The molecule has 0 aliphatic carbocycles. The van der Waals surface area contributed by atoms with Gasteiger partial charge in [-0.15, -0.1) is 0 Å². The SMILES string of the molecule is O=C(CCc1ccccc1)N[C@H]1CC(=O)N(c2ccc3c(c2)OCCO3)C1. The van der Waals surface area contributed by atoms with Gasteiger partial charge in [0.15, 0.2) is 11.5 Å². The molecule has 6 heteroatoms. The van der Waals surface area contributed by atoms with Gasteiger partial charge in [0.2, 0.25) is 11.8 Å². The van der Waals surface area contributed by atoms with Crippen LogP contribution in [-0.2, 0) is 16.0 Å². The van der Waals surface area contributed by atoms with Gasteiger partial charge in [0.1, 0.15) is 13.2 Å². The Morgan fingerprint density at radius 3 is 2.67 bits per heavy atom. The Bertz CT molecular complexity index is 837. The fraction of sp³-hybridized carbons (Fsp3) is 0.333. The Balaban J connectivity index is 1.34. The summed E-state index contributed by atoms with van der Waals surface area (Å²) < 4.78 is 11.1. The first-order valence-electron chi connectivity index (χ1n) is 9.22. The number of carbonyl (C=O) groups excluding carboxylic acids is 2. The molecule has 4 rings (SSSR count). The van der Waals surface area contributed by atoms with Crippen molar-refractivity contribution in [2.24, 2.45) is 0 Å². The summed E-state index contributed by atoms with van der Waals surface area (Å²) in [6, 6.07) is 15.2. The molecule has 1 atom stereocenters. The largest absolute Gasteiger partial charge is 0.486 e. The molecule has 2 amide bonds. The molecule has 2 heterocycles. The third-order valence-corrected chi connectivity index (χ3v) is 4.81. The molecule has 2 aliphatic heterocycles. The molecular formula is C21H22N2O4. The zero-order valence-corrected chi connectivity index (χ0v) is 15.0. The summed E-state index contributed by atoms with van der Waals surface area (Å²) in [4.78, 5) is 26.3. The summed E-state index contributed by atoms with van der Waals surface area (Å²) in [5.41, 5.74) is 1.90. The number of ether oxygens (including phenoxy) is 2. The molecule has 0 spiro atoms. The van der Waals surface area contributed by atoms with Gasteiger partial charge in [-0.1, -0.05) is 30.3 Å². The van der Waals surface area contributed by atoms with Gasteiger partial charge < -0.3 is 19.7 Å². The monoisotopic (exact) mass is 366 g/mol. The summed E-state index contributed by atoms with van der Waals surface area (Å²) >= 11 is 0. The summed E-state index contributed by atoms with van der Waals surface area (Å²) in [5.74, 6) is 1.32. The zero-order valence-electron chi connectivity index (χ0n) is 15.0. The minimum absolute atomic E-state index is 0.0000344. The van der Waals surface area contributed by atoms with Crippen LogP contribution < -0.4 is 19.7 Å². The number of rotatable bonds is 5. The van der Waals surface area contributed by atoms with Crippen molar-refractivity contribution >= 4 is 17.5 Å². The van der Waals surface area contributed by atoms with Crippen LogP contribution in [0.25, 0.3) is 0 Å². The lowest BCUT2D eigenvalue weighted by atomic mass is 10.1. The van der Waals surface area contributed by atoms with Gasteiger partial charge in [0.25, 0.3) is 0 Å². The second-order valence-corrected chi connectivity index (χ2v) is 6.79. The molecule has 0 saturated carbocycles. The zero-order chi connectivity index (χ0) is 18.6. The second-order valence-electron chi connectivity index (χ2n) is 6.79. The number of fused-ring (bicyclic) bond motifs is 1. The van der Waals surface area contributed by atoms with Crippen LogP contribution in [0.1, 0.15) is 18.4 Å². The molecule has 2 aromatic rings. The summed E-state index contributed by atoms with van der Waals surface area (Å²) in [6.45, 7) is 1.51. The lowest BCUT2D eigenvalue weighted by Crippen LogP contribution is -2.37. The molecule has 27 heavy (non-hydrogen) atoms. The van der Waals surface area contributed by atoms with E-state index < -0.39 is 0 Å². The van der Waals surface area contributed by atoms with E-state index in [0.717, 1.165) is 11.3 Å². The number of nitrogens with zero attached hydrogens (tertiary/aromatic N) is 1. The number of hydrogen-bond acceptors (Lipinski definition) is 4. The van der Waals surface area contributed by atoms with Crippen molar-refractivity contribution < 1.29 is 19.1 Å². The van der Waals surface area contributed by atoms with Crippen LogP contribution in [0, 0.1) is 0 Å². The summed E-state index contributed by atoms with van der Waals surface area (Å²) in [7, 11) is 0. The van der Waals surface area contributed by atoms with E-state index in [1.54, 1.807) is 4.90 Å². The fourth-order valence-electron chi connectivity index (χ4n) is 3.46. The highest BCUT2D eigenvalue weighted by molar-refractivity contribution is 5.97. The van der Waals surface area contributed by atoms with Crippen LogP contribution in [0.4, 0.5) is 5.69 Å². The number of nitrogens with one attached hydrogen (secondary N) is 1. The van der Waals surface area contributed by atoms with E-state index in [4.69, 9.17) is 9.47 Å². The molecule has 0 aromatic heterocycles. The minimum Gasteiger partial charge on any atom is -0.486 e. The van der Waals surface area contributed by atoms with Crippen LogP contribution >= 0.6 is 0 Å². The van der Waals surface area contributed by atoms with E-state index in [0.29, 0.717) is 50.5 Å². The quantitative estimate of drug-likeness (QED) is 0.882. The van der Waals surface area contributed by atoms with Crippen molar-refractivity contribution in [1.82, 2.24) is 5.32 Å². The average molecular weight is 366 g/mol. The van der Waals surface area contributed by atoms with Crippen LogP contribution in [-0.4, -0.2) is 37.6 Å². The van der Waals surface area contributed by atoms with Gasteiger partial charge in [-0.05, 0) is 24.1 Å². The van der Waals surface area contributed by atoms with Gasteiger partial charge in [-0.25, -0.2) is 0 Å². The van der Waals surface area contributed by atoms with Crippen LogP contribution in [0.15, 0.2) is 48.5 Å². The van der Waals surface area contributed by atoms with Crippen molar-refractivity contribution in [2.75, 3.05) is 24.7 Å². The van der Waals surface area contributed by atoms with Crippen LogP contribution in [0.2, 0.25) is 0 Å². The smallest absolute Gasteiger partial charge is 0.229 e. The van der Waals surface area contributed by atoms with E-state index >= 15 is 0 Å². The summed E-state index contributed by atoms with van der Waals surface area (Å²) in [6.07, 6.45) is 1.42. The highest BCUT2D eigenvalue weighted by atomic mass is 16.6. The minimum atomic E-state index is -0.172. The average Bonchev–Trinajstić information content (AvgIpc) is 3.07. The lowest BCUT2D eigenvalue weighted by molar-refractivity contribution is -0.121. The van der Waals surface area contributed by atoms with Crippen molar-refractivity contribution in [2.45, 2.75) is 25.3 Å². The Morgan fingerprint density at radius 1 is 1.07 bits per heavy atom. The Hall–Kier alpha value is -3.02. The predicted octanol–water partition coefficient (Wildman–Crippen LogP) is 2.31. The first-order chi connectivity index (χ1) is 13.2. The molecule has 0 unspecified atom stereocenters. The maximum atomic E-state index is 12.4. The number of amides is 2. The predicted molar refractivity (Wildman–Crippen MR) is 101 cm³/mol. The van der Waals surface area contributed by atoms with E-state index in [-0.39, 0.29) is 17.9 Å². The third kappa shape index (κ3) is 4.05. The van der Waals surface area contributed by atoms with Gasteiger partial charge in [-0.2, -0.15) is 0 Å². The molecule has 6 nitrogen and oxygen atoms in total. The van der Waals surface area contributed by atoms with Gasteiger partial charge >= 0.3 is 0 Å². The van der Waals surface area contributed by atoms with E-state index in [2.05, 4.69) is 5.32 Å². The highest BCUT2D eigenvalue weighted by Crippen LogP contribution is 2.35. The highest BCUT2D eigenvalue weighted by Gasteiger charge is 2.32. The molecule has 1 fully saturated rings. The topological polar surface area (TPSA) is 67.9 Å². The maximum absolute atomic E-state index is 12.4. The first kappa shape index (κ1) is 17.4. The fourth-order valence-corrected chi connectivity index (χ4v) is 3.46. The molecule has 0 radical (unpaired) electrons. The molecule has 1 saturated heterocycles. The molecular weight excluding hydrogens is 344 g/mol. The van der Waals surface area contributed by atoms with Crippen molar-refractivity contribution in [3.8, 4) is 11.5 Å². The number of aryl methyl sites for hydroxylation is 1. The number of hydrogen-bond donors (Lipinski definition) is 1. The Kier molecular flexibility index (Phi) is 4.96. The molecule has 2 aliphatic rings. The molecule has 0 bridgehead atoms. The first-order valence-corrected chi connectivity index (χ1v) is 9.22. The van der Waals surface area contributed by atoms with Gasteiger partial charge in [0, 0.05) is 31.1 Å². The van der Waals surface area contributed by atoms with Gasteiger partial charge in [0.05, 0.1) is 6.04 Å². The van der Waals surface area contributed by atoms with Gasteiger partial charge in [-0.3, -0.25) is 9.59 Å². The maximum Gasteiger partial charge on any atom is 0.229 e. The molecule has 2 aromatic carbocycles. The second kappa shape index (κ2) is 7.70. The van der Waals surface area contributed by atoms with Crippen molar-refractivity contribution in [3.05, 3.63) is 54.1 Å². The third-order valence-electron chi connectivity index (χ3n) is 4.81. The Labute approximate surface area is 158 Å². The number of carbonyl (C=O) groups is 2. The van der Waals surface area contributed by atoms with Crippen molar-refractivity contribution in [3.63, 3.8) is 0 Å². The van der Waals surface area contributed by atoms with Crippen LogP contribution in [0.3, 0.4) is 0 Å². The standard InChI is InChI=1S/C21H22N2O4/c24-20(9-6-15-4-2-1-3-5-15)22-16-12-21(25)23(14-16)17-7-8-18-19(13-17)27-11-10-26-18/h1-5,7-8,13,16H,6,9-12,14H2,(H,22,24)/t16-/m0/s1. The Morgan fingerprint density at radius 2 is 1.85 bits per heavy atom. The number of anilines is 1. The van der Waals surface area contributed by atoms with Crippen LogP contribution in [0.5, 0.6) is 11.5 Å². The van der Waals surface area contributed by atoms with Crippen molar-refractivity contribution in [1.29, 1.82) is 0 Å². The van der Waals surface area contributed by atoms with E-state index in [1.807, 2.05) is 48.5 Å². The van der Waals surface area contributed by atoms with E-state index in [9.17, 15) is 9.59 Å². The molecule has 140 valence electrons. The van der Waals surface area contributed by atoms with E-state index in [1.165, 1.54) is 0 Å². The lowest BCUT2D eigenvalue weighted by Gasteiger charge is -2.22. The summed E-state index contributed by atoms with van der Waals surface area (Å²) in [5, 5.41) is 2.98. The number of benzene rings is 2. The normalized spacial score (nSPS) is 18.4.